The molecule has 4 nitrogen and oxygen atoms in total. The first-order valence-corrected chi connectivity index (χ1v) is 3.64. The van der Waals surface area contributed by atoms with Gasteiger partial charge in [-0.1, -0.05) is 0 Å². The van der Waals surface area contributed by atoms with Crippen LogP contribution in [-0.2, 0) is 6.54 Å². The molecular formula is C8H9N3O. The Labute approximate surface area is 69.2 Å². The number of pyridine rings is 1. The fraction of sp³-hybridized carbons (Fsp3) is 0.125. The van der Waals surface area contributed by atoms with E-state index in [1.807, 2.05) is 6.07 Å². The van der Waals surface area contributed by atoms with Gasteiger partial charge in [0.25, 0.3) is 0 Å². The van der Waals surface area contributed by atoms with Gasteiger partial charge in [0, 0.05) is 6.20 Å². The van der Waals surface area contributed by atoms with Gasteiger partial charge in [0.05, 0.1) is 11.9 Å². The lowest BCUT2D eigenvalue weighted by Crippen LogP contribution is -1.92. The average molecular weight is 163 g/mol. The largest absolute Gasteiger partial charge is 0.460 e. The molecule has 0 atom stereocenters. The predicted molar refractivity (Wildman–Crippen MR) is 46.3 cm³/mol. The van der Waals surface area contributed by atoms with E-state index < -0.39 is 0 Å². The number of aromatic nitrogens is 1. The number of nitrogen functional groups attached to an aromatic ring is 1. The highest BCUT2D eigenvalue weighted by Crippen LogP contribution is 2.22. The van der Waals surface area contributed by atoms with Crippen LogP contribution in [0, 0.1) is 0 Å². The molecule has 62 valence electrons. The van der Waals surface area contributed by atoms with Crippen LogP contribution in [0.25, 0.3) is 11.0 Å². The summed E-state index contributed by atoms with van der Waals surface area (Å²) in [5, 5.41) is 0.831. The summed E-state index contributed by atoms with van der Waals surface area (Å²) in [5.41, 5.74) is 11.8. The summed E-state index contributed by atoms with van der Waals surface area (Å²) >= 11 is 0. The van der Waals surface area contributed by atoms with E-state index in [0.29, 0.717) is 12.4 Å². The second-order valence-corrected chi connectivity index (χ2v) is 2.52. The highest BCUT2D eigenvalue weighted by molar-refractivity contribution is 5.87. The maximum Gasteiger partial charge on any atom is 0.139 e. The van der Waals surface area contributed by atoms with Crippen molar-refractivity contribution in [3.05, 3.63) is 24.1 Å². The monoisotopic (exact) mass is 163 g/mol. The minimum absolute atomic E-state index is 0.383. The number of rotatable bonds is 1. The van der Waals surface area contributed by atoms with Crippen molar-refractivity contribution in [2.75, 3.05) is 5.73 Å². The molecule has 0 aliphatic heterocycles. The number of nitrogens with zero attached hydrogens (tertiary/aromatic N) is 1. The van der Waals surface area contributed by atoms with Crippen molar-refractivity contribution in [2.24, 2.45) is 5.73 Å². The van der Waals surface area contributed by atoms with Gasteiger partial charge >= 0.3 is 0 Å². The van der Waals surface area contributed by atoms with Crippen LogP contribution < -0.4 is 11.5 Å². The highest BCUT2D eigenvalue weighted by Gasteiger charge is 2.04. The molecular weight excluding hydrogens is 154 g/mol. The minimum Gasteiger partial charge on any atom is -0.460 e. The summed E-state index contributed by atoms with van der Waals surface area (Å²) in [5.74, 6) is 1.21. The normalized spacial score (nSPS) is 10.8. The summed E-state index contributed by atoms with van der Waals surface area (Å²) in [6.45, 7) is 0.383. The van der Waals surface area contributed by atoms with Crippen LogP contribution in [0.1, 0.15) is 5.76 Å². The summed E-state index contributed by atoms with van der Waals surface area (Å²) < 4.78 is 5.35. The van der Waals surface area contributed by atoms with Crippen LogP contribution in [0.4, 0.5) is 5.82 Å². The first kappa shape index (κ1) is 7.12. The van der Waals surface area contributed by atoms with Crippen molar-refractivity contribution in [3.8, 4) is 0 Å². The summed E-state index contributed by atoms with van der Waals surface area (Å²) in [6, 6.07) is 3.59. The zero-order valence-electron chi connectivity index (χ0n) is 6.45. The fourth-order valence-electron chi connectivity index (χ4n) is 1.14. The Kier molecular flexibility index (Phi) is 1.48. The van der Waals surface area contributed by atoms with Gasteiger partial charge in [0.1, 0.15) is 17.2 Å². The lowest BCUT2D eigenvalue weighted by Gasteiger charge is -1.90. The third kappa shape index (κ3) is 0.931. The van der Waals surface area contributed by atoms with Gasteiger partial charge in [-0.2, -0.15) is 0 Å². The van der Waals surface area contributed by atoms with Gasteiger partial charge in [-0.25, -0.2) is 4.98 Å². The molecule has 0 aromatic carbocycles. The van der Waals surface area contributed by atoms with E-state index in [1.54, 1.807) is 12.3 Å². The molecule has 2 rings (SSSR count). The van der Waals surface area contributed by atoms with Crippen LogP contribution in [0.5, 0.6) is 0 Å². The lowest BCUT2D eigenvalue weighted by atomic mass is 10.3. The van der Waals surface area contributed by atoms with Gasteiger partial charge < -0.3 is 15.9 Å². The van der Waals surface area contributed by atoms with Crippen LogP contribution in [0.2, 0.25) is 0 Å². The molecule has 4 heteroatoms. The van der Waals surface area contributed by atoms with E-state index in [0.717, 1.165) is 16.7 Å². The SMILES string of the molecule is NCc1cc2c(N)nccc2o1. The Morgan fingerprint density at radius 3 is 3.00 bits per heavy atom. The second kappa shape index (κ2) is 2.49. The number of nitrogens with two attached hydrogens (primary N) is 2. The van der Waals surface area contributed by atoms with Gasteiger partial charge in [0.15, 0.2) is 0 Å². The van der Waals surface area contributed by atoms with Crippen LogP contribution in [-0.4, -0.2) is 4.98 Å². The van der Waals surface area contributed by atoms with Gasteiger partial charge in [-0.15, -0.1) is 0 Å². The Bertz CT molecular complexity index is 408. The highest BCUT2D eigenvalue weighted by atomic mass is 16.3. The van der Waals surface area contributed by atoms with Crippen molar-refractivity contribution >= 4 is 16.8 Å². The molecule has 12 heavy (non-hydrogen) atoms. The summed E-state index contributed by atoms with van der Waals surface area (Å²) in [7, 11) is 0. The Balaban J connectivity index is 2.74. The third-order valence-corrected chi connectivity index (χ3v) is 1.73. The Hall–Kier alpha value is -1.55. The van der Waals surface area contributed by atoms with E-state index in [1.165, 1.54) is 0 Å². The number of furan rings is 1. The molecule has 0 amide bonds. The second-order valence-electron chi connectivity index (χ2n) is 2.52. The van der Waals surface area contributed by atoms with Crippen LogP contribution >= 0.6 is 0 Å². The molecule has 0 aliphatic carbocycles. The average Bonchev–Trinajstić information content (AvgIpc) is 2.49. The topological polar surface area (TPSA) is 78.1 Å². The quantitative estimate of drug-likeness (QED) is 0.653. The molecule has 4 N–H and O–H groups in total. The molecule has 0 fully saturated rings. The molecule has 0 saturated carbocycles. The maximum atomic E-state index is 5.61. The summed E-state index contributed by atoms with van der Waals surface area (Å²) in [4.78, 5) is 3.93. The van der Waals surface area contributed by atoms with Gasteiger partial charge in [-0.3, -0.25) is 0 Å². The van der Waals surface area contributed by atoms with Gasteiger partial charge in [0.2, 0.25) is 0 Å². The van der Waals surface area contributed by atoms with Crippen molar-refractivity contribution < 1.29 is 4.42 Å². The lowest BCUT2D eigenvalue weighted by molar-refractivity contribution is 0.552. The van der Waals surface area contributed by atoms with E-state index in [9.17, 15) is 0 Å². The minimum atomic E-state index is 0.383. The zero-order valence-corrected chi connectivity index (χ0v) is 6.45. The molecule has 0 radical (unpaired) electrons. The standard InChI is InChI=1S/C8H9N3O/c9-4-5-3-6-7(12-5)1-2-11-8(6)10/h1-3H,4,9H2,(H2,10,11). The Morgan fingerprint density at radius 1 is 1.50 bits per heavy atom. The molecule has 2 heterocycles. The Morgan fingerprint density at radius 2 is 2.33 bits per heavy atom. The molecule has 0 bridgehead atoms. The van der Waals surface area contributed by atoms with Crippen molar-refractivity contribution in [1.29, 1.82) is 0 Å². The first-order valence-electron chi connectivity index (χ1n) is 3.64. The van der Waals surface area contributed by atoms with E-state index in [-0.39, 0.29) is 0 Å². The molecule has 0 unspecified atom stereocenters. The van der Waals surface area contributed by atoms with Crippen LogP contribution in [0.3, 0.4) is 0 Å². The number of anilines is 1. The zero-order chi connectivity index (χ0) is 8.55. The fourth-order valence-corrected chi connectivity index (χ4v) is 1.14. The number of hydrogen-bond donors (Lipinski definition) is 2. The van der Waals surface area contributed by atoms with Gasteiger partial charge in [-0.05, 0) is 12.1 Å². The number of fused-ring (bicyclic) bond motifs is 1. The van der Waals surface area contributed by atoms with E-state index >= 15 is 0 Å². The van der Waals surface area contributed by atoms with Crippen molar-refractivity contribution in [3.63, 3.8) is 0 Å². The predicted octanol–water partition coefficient (Wildman–Crippen LogP) is 0.869. The van der Waals surface area contributed by atoms with E-state index in [4.69, 9.17) is 15.9 Å². The molecule has 0 aliphatic rings. The smallest absolute Gasteiger partial charge is 0.139 e. The number of hydrogen-bond acceptors (Lipinski definition) is 4. The summed E-state index contributed by atoms with van der Waals surface area (Å²) in [6.07, 6.45) is 1.61. The van der Waals surface area contributed by atoms with E-state index in [2.05, 4.69) is 4.98 Å². The van der Waals surface area contributed by atoms with Crippen LogP contribution in [0.15, 0.2) is 22.7 Å². The van der Waals surface area contributed by atoms with Crippen molar-refractivity contribution in [2.45, 2.75) is 6.54 Å². The molecule has 0 saturated heterocycles. The molecule has 0 spiro atoms. The third-order valence-electron chi connectivity index (χ3n) is 1.73. The first-order chi connectivity index (χ1) is 5.81. The maximum absolute atomic E-state index is 5.61. The van der Waals surface area contributed by atoms with Crippen molar-refractivity contribution in [1.82, 2.24) is 4.98 Å². The molecule has 2 aromatic rings. The molecule has 2 aromatic heterocycles.